The van der Waals surface area contributed by atoms with Crippen molar-refractivity contribution in [3.8, 4) is 11.5 Å². The van der Waals surface area contributed by atoms with Crippen LogP contribution in [0.5, 0.6) is 0 Å². The van der Waals surface area contributed by atoms with Crippen LogP contribution in [-0.4, -0.2) is 34.8 Å². The Hall–Kier alpha value is -2.63. The van der Waals surface area contributed by atoms with Crippen molar-refractivity contribution in [3.05, 3.63) is 42.3 Å². The largest absolute Gasteiger partial charge is 0.444 e. The Balaban J connectivity index is 1.29. The average molecular weight is 396 g/mol. The van der Waals surface area contributed by atoms with Crippen LogP contribution < -0.4 is 5.32 Å². The Morgan fingerprint density at radius 2 is 1.93 bits per heavy atom. The van der Waals surface area contributed by atoms with Crippen LogP contribution in [0.1, 0.15) is 50.6 Å². The molecule has 2 fully saturated rings. The first-order valence-corrected chi connectivity index (χ1v) is 10.7. The molecule has 1 N–H and O–H groups in total. The molecule has 1 aromatic carbocycles. The Kier molecular flexibility index (Phi) is 6.27. The molecule has 1 aliphatic heterocycles. The van der Waals surface area contributed by atoms with Crippen LogP contribution >= 0.6 is 0 Å². The van der Waals surface area contributed by atoms with Gasteiger partial charge in [-0.3, -0.25) is 9.59 Å². The first kappa shape index (κ1) is 19.7. The minimum atomic E-state index is -0.142. The van der Waals surface area contributed by atoms with Gasteiger partial charge in [0.05, 0.1) is 18.2 Å². The third-order valence-corrected chi connectivity index (χ3v) is 6.09. The summed E-state index contributed by atoms with van der Waals surface area (Å²) in [7, 11) is 0. The molecule has 2 aliphatic rings. The fourth-order valence-electron chi connectivity index (χ4n) is 4.41. The highest BCUT2D eigenvalue weighted by molar-refractivity contribution is 5.83. The summed E-state index contributed by atoms with van der Waals surface area (Å²) >= 11 is 0. The van der Waals surface area contributed by atoms with E-state index < -0.39 is 0 Å². The minimum absolute atomic E-state index is 0.00425. The van der Waals surface area contributed by atoms with Gasteiger partial charge in [-0.2, -0.15) is 0 Å². The quantitative estimate of drug-likeness (QED) is 0.808. The third kappa shape index (κ3) is 5.05. The number of benzene rings is 1. The summed E-state index contributed by atoms with van der Waals surface area (Å²) in [5.41, 5.74) is 1.61. The van der Waals surface area contributed by atoms with Crippen molar-refractivity contribution in [2.24, 2.45) is 11.8 Å². The molecule has 0 radical (unpaired) electrons. The van der Waals surface area contributed by atoms with E-state index in [-0.39, 0.29) is 17.7 Å². The Morgan fingerprint density at radius 3 is 2.72 bits per heavy atom. The van der Waals surface area contributed by atoms with Gasteiger partial charge in [0.15, 0.2) is 0 Å². The highest BCUT2D eigenvalue weighted by Gasteiger charge is 2.31. The van der Waals surface area contributed by atoms with Gasteiger partial charge in [-0.25, -0.2) is 4.98 Å². The molecular formula is C23H29N3O3. The number of carbonyl (C=O) groups excluding carboxylic acids is 2. The molecule has 6 heteroatoms. The standard InChI is InChI=1S/C23H29N3O3/c27-21-12-11-19(15-26(21)14-17-7-3-1-4-8-17)22(28)24-13-20-16-29-23(25-20)18-9-5-2-6-10-18/h2,5-6,9-10,16-17,19H,1,3-4,7-8,11-15H2,(H,24,28)/t19-/m1/s1. The van der Waals surface area contributed by atoms with Crippen molar-refractivity contribution in [2.45, 2.75) is 51.5 Å². The molecule has 0 spiro atoms. The van der Waals surface area contributed by atoms with Crippen LogP contribution in [0.4, 0.5) is 0 Å². The number of aromatic nitrogens is 1. The van der Waals surface area contributed by atoms with Gasteiger partial charge in [0.25, 0.3) is 0 Å². The van der Waals surface area contributed by atoms with Crippen LogP contribution in [0.3, 0.4) is 0 Å². The molecule has 2 heterocycles. The lowest BCUT2D eigenvalue weighted by Crippen LogP contribution is -2.47. The Labute approximate surface area is 171 Å². The lowest BCUT2D eigenvalue weighted by Gasteiger charge is -2.35. The maximum atomic E-state index is 12.7. The number of hydrogen-bond donors (Lipinski definition) is 1. The number of oxazole rings is 1. The van der Waals surface area contributed by atoms with Crippen LogP contribution in [0.2, 0.25) is 0 Å². The van der Waals surface area contributed by atoms with Gasteiger partial charge in [0.2, 0.25) is 17.7 Å². The molecule has 1 aliphatic carbocycles. The predicted molar refractivity (Wildman–Crippen MR) is 110 cm³/mol. The summed E-state index contributed by atoms with van der Waals surface area (Å²) in [6.07, 6.45) is 8.92. The molecule has 6 nitrogen and oxygen atoms in total. The van der Waals surface area contributed by atoms with E-state index in [1.165, 1.54) is 32.1 Å². The van der Waals surface area contributed by atoms with E-state index in [9.17, 15) is 9.59 Å². The van der Waals surface area contributed by atoms with E-state index >= 15 is 0 Å². The fourth-order valence-corrected chi connectivity index (χ4v) is 4.41. The first-order valence-electron chi connectivity index (χ1n) is 10.7. The van der Waals surface area contributed by atoms with Crippen molar-refractivity contribution in [1.29, 1.82) is 0 Å². The smallest absolute Gasteiger partial charge is 0.226 e. The lowest BCUT2D eigenvalue weighted by atomic mass is 9.87. The number of rotatable bonds is 6. The van der Waals surface area contributed by atoms with Crippen molar-refractivity contribution in [2.75, 3.05) is 13.1 Å². The summed E-state index contributed by atoms with van der Waals surface area (Å²) in [5.74, 6) is 1.20. The van der Waals surface area contributed by atoms with Gasteiger partial charge in [-0.15, -0.1) is 0 Å². The average Bonchev–Trinajstić information content (AvgIpc) is 3.24. The van der Waals surface area contributed by atoms with Gasteiger partial charge >= 0.3 is 0 Å². The van der Waals surface area contributed by atoms with Crippen LogP contribution in [0, 0.1) is 11.8 Å². The van der Waals surface area contributed by atoms with Crippen molar-refractivity contribution >= 4 is 11.8 Å². The molecule has 1 saturated carbocycles. The number of amides is 2. The molecule has 1 aromatic heterocycles. The molecule has 1 saturated heterocycles. The molecule has 154 valence electrons. The first-order chi connectivity index (χ1) is 14.2. The van der Waals surface area contributed by atoms with Crippen molar-refractivity contribution in [3.63, 3.8) is 0 Å². The Bertz CT molecular complexity index is 827. The summed E-state index contributed by atoms with van der Waals surface area (Å²) in [6.45, 7) is 1.68. The van der Waals surface area contributed by atoms with E-state index in [0.717, 1.165) is 12.1 Å². The number of piperidine rings is 1. The van der Waals surface area contributed by atoms with Crippen LogP contribution in [0.25, 0.3) is 11.5 Å². The molecule has 29 heavy (non-hydrogen) atoms. The van der Waals surface area contributed by atoms with E-state index in [1.807, 2.05) is 35.2 Å². The molecular weight excluding hydrogens is 366 g/mol. The van der Waals surface area contributed by atoms with Gasteiger partial charge in [-0.05, 0) is 37.3 Å². The van der Waals surface area contributed by atoms with E-state index in [2.05, 4.69) is 10.3 Å². The van der Waals surface area contributed by atoms with Gasteiger partial charge < -0.3 is 14.6 Å². The number of carbonyl (C=O) groups is 2. The summed E-state index contributed by atoms with van der Waals surface area (Å²) in [5, 5.41) is 2.97. The number of hydrogen-bond acceptors (Lipinski definition) is 4. The Morgan fingerprint density at radius 1 is 1.14 bits per heavy atom. The van der Waals surface area contributed by atoms with Crippen molar-refractivity contribution in [1.82, 2.24) is 15.2 Å². The number of nitrogens with zero attached hydrogens (tertiary/aromatic N) is 2. The van der Waals surface area contributed by atoms with Gasteiger partial charge in [0, 0.05) is 25.1 Å². The monoisotopic (exact) mass is 395 g/mol. The molecule has 1 atom stereocenters. The molecule has 2 aromatic rings. The maximum absolute atomic E-state index is 12.7. The van der Waals surface area contributed by atoms with E-state index in [0.29, 0.717) is 43.4 Å². The zero-order chi connectivity index (χ0) is 20.1. The zero-order valence-electron chi connectivity index (χ0n) is 16.8. The minimum Gasteiger partial charge on any atom is -0.444 e. The van der Waals surface area contributed by atoms with Gasteiger partial charge in [-0.1, -0.05) is 37.5 Å². The second kappa shape index (κ2) is 9.25. The second-order valence-electron chi connectivity index (χ2n) is 8.27. The third-order valence-electron chi connectivity index (χ3n) is 6.09. The summed E-state index contributed by atoms with van der Waals surface area (Å²) in [4.78, 5) is 31.4. The number of nitrogens with one attached hydrogen (secondary N) is 1. The fraction of sp³-hybridized carbons (Fsp3) is 0.522. The molecule has 0 bridgehead atoms. The maximum Gasteiger partial charge on any atom is 0.226 e. The second-order valence-corrected chi connectivity index (χ2v) is 8.27. The molecule has 0 unspecified atom stereocenters. The van der Waals surface area contributed by atoms with E-state index in [4.69, 9.17) is 4.42 Å². The highest BCUT2D eigenvalue weighted by atomic mass is 16.3. The van der Waals surface area contributed by atoms with E-state index in [1.54, 1.807) is 6.26 Å². The highest BCUT2D eigenvalue weighted by Crippen LogP contribution is 2.27. The van der Waals surface area contributed by atoms with Gasteiger partial charge in [0.1, 0.15) is 6.26 Å². The van der Waals surface area contributed by atoms with Crippen LogP contribution in [0.15, 0.2) is 41.0 Å². The summed E-state index contributed by atoms with van der Waals surface area (Å²) < 4.78 is 5.53. The van der Waals surface area contributed by atoms with Crippen LogP contribution in [-0.2, 0) is 16.1 Å². The molecule has 2 amide bonds. The topological polar surface area (TPSA) is 75.4 Å². The summed E-state index contributed by atoms with van der Waals surface area (Å²) in [6, 6.07) is 9.69. The SMILES string of the molecule is O=C(NCc1coc(-c2ccccc2)n1)[C@@H]1CCC(=O)N(CC2CCCCC2)C1. The predicted octanol–water partition coefficient (Wildman–Crippen LogP) is 3.78. The number of likely N-dealkylation sites (tertiary alicyclic amines) is 1. The zero-order valence-corrected chi connectivity index (χ0v) is 16.8. The molecule has 4 rings (SSSR count). The lowest BCUT2D eigenvalue weighted by molar-refractivity contribution is -0.139. The normalized spacial score (nSPS) is 20.6. The van der Waals surface area contributed by atoms with Crippen molar-refractivity contribution < 1.29 is 14.0 Å².